The molecule has 2 aromatic rings. The lowest BCUT2D eigenvalue weighted by Crippen LogP contribution is -2.33. The standard InChI is InChI=1S/C14H21N7/c1-11-7-15-20(8-11)9-13-3-2-6-19(13)10-14-16-17-18-21(14)12-4-5-12/h7-8,12-13H,2-6,9-10H2,1H3. The Morgan fingerprint density at radius 1 is 1.29 bits per heavy atom. The first kappa shape index (κ1) is 12.9. The smallest absolute Gasteiger partial charge is 0.165 e. The Morgan fingerprint density at radius 2 is 2.19 bits per heavy atom. The zero-order valence-corrected chi connectivity index (χ0v) is 12.4. The van der Waals surface area contributed by atoms with E-state index in [0.717, 1.165) is 25.5 Å². The molecule has 0 aromatic carbocycles. The minimum Gasteiger partial charge on any atom is -0.291 e. The van der Waals surface area contributed by atoms with Crippen LogP contribution in [0.15, 0.2) is 12.4 Å². The van der Waals surface area contributed by atoms with Gasteiger partial charge in [0.15, 0.2) is 5.82 Å². The Morgan fingerprint density at radius 3 is 2.95 bits per heavy atom. The number of aromatic nitrogens is 6. The van der Waals surface area contributed by atoms with Gasteiger partial charge in [0.1, 0.15) is 0 Å². The molecule has 4 rings (SSSR count). The number of hydrogen-bond donors (Lipinski definition) is 0. The van der Waals surface area contributed by atoms with Crippen molar-refractivity contribution in [1.82, 2.24) is 34.9 Å². The molecule has 2 fully saturated rings. The summed E-state index contributed by atoms with van der Waals surface area (Å²) >= 11 is 0. The van der Waals surface area contributed by atoms with Gasteiger partial charge in [-0.15, -0.1) is 5.10 Å². The van der Waals surface area contributed by atoms with E-state index in [-0.39, 0.29) is 0 Å². The van der Waals surface area contributed by atoms with E-state index in [0.29, 0.717) is 12.1 Å². The molecule has 0 bridgehead atoms. The van der Waals surface area contributed by atoms with Crippen molar-refractivity contribution in [3.05, 3.63) is 23.8 Å². The van der Waals surface area contributed by atoms with E-state index in [2.05, 4.69) is 43.3 Å². The molecular weight excluding hydrogens is 266 g/mol. The summed E-state index contributed by atoms with van der Waals surface area (Å²) in [6.45, 7) is 5.02. The molecule has 1 unspecified atom stereocenters. The number of tetrazole rings is 1. The number of nitrogens with zero attached hydrogens (tertiary/aromatic N) is 7. The zero-order chi connectivity index (χ0) is 14.2. The van der Waals surface area contributed by atoms with Gasteiger partial charge in [-0.3, -0.25) is 9.58 Å². The highest BCUT2D eigenvalue weighted by Gasteiger charge is 2.31. The van der Waals surface area contributed by atoms with Gasteiger partial charge in [0, 0.05) is 12.2 Å². The van der Waals surface area contributed by atoms with Crippen LogP contribution >= 0.6 is 0 Å². The maximum atomic E-state index is 4.41. The Hall–Kier alpha value is -1.76. The van der Waals surface area contributed by atoms with E-state index in [9.17, 15) is 0 Å². The lowest BCUT2D eigenvalue weighted by molar-refractivity contribution is 0.210. The van der Waals surface area contributed by atoms with Gasteiger partial charge in [0.25, 0.3) is 0 Å². The third kappa shape index (κ3) is 2.70. The van der Waals surface area contributed by atoms with Gasteiger partial charge in [-0.1, -0.05) is 0 Å². The molecule has 0 radical (unpaired) electrons. The Balaban J connectivity index is 1.44. The van der Waals surface area contributed by atoms with E-state index in [1.165, 1.54) is 31.2 Å². The summed E-state index contributed by atoms with van der Waals surface area (Å²) in [5.41, 5.74) is 1.22. The van der Waals surface area contributed by atoms with Crippen molar-refractivity contribution in [2.75, 3.05) is 6.54 Å². The molecule has 0 amide bonds. The first-order chi connectivity index (χ1) is 10.3. The molecule has 21 heavy (non-hydrogen) atoms. The summed E-state index contributed by atoms with van der Waals surface area (Å²) in [4.78, 5) is 2.50. The highest BCUT2D eigenvalue weighted by Crippen LogP contribution is 2.34. The number of rotatable bonds is 5. The Labute approximate surface area is 123 Å². The molecule has 1 saturated carbocycles. The highest BCUT2D eigenvalue weighted by atomic mass is 15.6. The first-order valence-corrected chi connectivity index (χ1v) is 7.79. The topological polar surface area (TPSA) is 64.7 Å². The number of aryl methyl sites for hydroxylation is 1. The monoisotopic (exact) mass is 287 g/mol. The van der Waals surface area contributed by atoms with Crippen LogP contribution in [0, 0.1) is 6.92 Å². The largest absolute Gasteiger partial charge is 0.291 e. The molecule has 2 aromatic heterocycles. The van der Waals surface area contributed by atoms with Crippen LogP contribution in [0.1, 0.15) is 43.1 Å². The summed E-state index contributed by atoms with van der Waals surface area (Å²) in [7, 11) is 0. The summed E-state index contributed by atoms with van der Waals surface area (Å²) < 4.78 is 4.08. The minimum absolute atomic E-state index is 0.536. The van der Waals surface area contributed by atoms with E-state index >= 15 is 0 Å². The van der Waals surface area contributed by atoms with Crippen LogP contribution < -0.4 is 0 Å². The normalized spacial score (nSPS) is 23.0. The van der Waals surface area contributed by atoms with Crippen molar-refractivity contribution < 1.29 is 0 Å². The van der Waals surface area contributed by atoms with Crippen molar-refractivity contribution in [1.29, 1.82) is 0 Å². The van der Waals surface area contributed by atoms with Crippen molar-refractivity contribution in [3.8, 4) is 0 Å². The molecule has 2 aliphatic rings. The third-order valence-electron chi connectivity index (χ3n) is 4.46. The van der Waals surface area contributed by atoms with Crippen molar-refractivity contribution in [2.45, 2.75) is 57.8 Å². The molecule has 1 saturated heterocycles. The van der Waals surface area contributed by atoms with Crippen LogP contribution in [0.25, 0.3) is 0 Å². The van der Waals surface area contributed by atoms with Crippen LogP contribution in [0.2, 0.25) is 0 Å². The molecule has 7 heteroatoms. The third-order valence-corrected chi connectivity index (χ3v) is 4.46. The zero-order valence-electron chi connectivity index (χ0n) is 12.4. The summed E-state index contributed by atoms with van der Waals surface area (Å²) in [6, 6.07) is 1.08. The molecule has 3 heterocycles. The maximum Gasteiger partial charge on any atom is 0.165 e. The molecule has 0 spiro atoms. The molecule has 0 N–H and O–H groups in total. The van der Waals surface area contributed by atoms with E-state index in [1.54, 1.807) is 0 Å². The SMILES string of the molecule is Cc1cnn(CC2CCCN2Cc2nnnn2C2CC2)c1. The second-order valence-electron chi connectivity index (χ2n) is 6.28. The van der Waals surface area contributed by atoms with Crippen molar-refractivity contribution in [2.24, 2.45) is 0 Å². The average Bonchev–Trinajstić information content (AvgIpc) is 2.85. The van der Waals surface area contributed by atoms with Crippen LogP contribution in [0.3, 0.4) is 0 Å². The predicted octanol–water partition coefficient (Wildman–Crippen LogP) is 1.18. The second kappa shape index (κ2) is 5.22. The van der Waals surface area contributed by atoms with Gasteiger partial charge in [-0.05, 0) is 55.1 Å². The molecular formula is C14H21N7. The Bertz CT molecular complexity index is 612. The first-order valence-electron chi connectivity index (χ1n) is 7.79. The number of hydrogen-bond acceptors (Lipinski definition) is 5. The summed E-state index contributed by atoms with van der Waals surface area (Å²) in [6.07, 6.45) is 8.94. The van der Waals surface area contributed by atoms with E-state index < -0.39 is 0 Å². The fourth-order valence-corrected chi connectivity index (χ4v) is 3.19. The van der Waals surface area contributed by atoms with E-state index in [1.807, 2.05) is 10.9 Å². The fourth-order valence-electron chi connectivity index (χ4n) is 3.19. The molecule has 1 aliphatic heterocycles. The minimum atomic E-state index is 0.536. The molecule has 1 atom stereocenters. The lowest BCUT2D eigenvalue weighted by atomic mass is 10.2. The fraction of sp³-hybridized carbons (Fsp3) is 0.714. The average molecular weight is 287 g/mol. The van der Waals surface area contributed by atoms with E-state index in [4.69, 9.17) is 0 Å². The molecule has 7 nitrogen and oxygen atoms in total. The highest BCUT2D eigenvalue weighted by molar-refractivity contribution is 5.00. The summed E-state index contributed by atoms with van der Waals surface area (Å²) in [5, 5.41) is 16.6. The van der Waals surface area contributed by atoms with Gasteiger partial charge in [0.05, 0.1) is 25.3 Å². The van der Waals surface area contributed by atoms with Crippen LogP contribution in [0.5, 0.6) is 0 Å². The predicted molar refractivity (Wildman–Crippen MR) is 76.5 cm³/mol. The quantitative estimate of drug-likeness (QED) is 0.826. The van der Waals surface area contributed by atoms with Gasteiger partial charge in [-0.25, -0.2) is 4.68 Å². The van der Waals surface area contributed by atoms with Crippen molar-refractivity contribution in [3.63, 3.8) is 0 Å². The Kier molecular flexibility index (Phi) is 3.21. The van der Waals surface area contributed by atoms with Crippen LogP contribution in [-0.2, 0) is 13.1 Å². The lowest BCUT2D eigenvalue weighted by Gasteiger charge is -2.23. The van der Waals surface area contributed by atoms with Gasteiger partial charge in [0.2, 0.25) is 0 Å². The van der Waals surface area contributed by atoms with Gasteiger partial charge >= 0.3 is 0 Å². The van der Waals surface area contributed by atoms with Crippen LogP contribution in [-0.4, -0.2) is 47.5 Å². The molecule has 1 aliphatic carbocycles. The van der Waals surface area contributed by atoms with Gasteiger partial charge in [-0.2, -0.15) is 5.10 Å². The summed E-state index contributed by atoms with van der Waals surface area (Å²) in [5.74, 6) is 1.01. The van der Waals surface area contributed by atoms with Gasteiger partial charge < -0.3 is 0 Å². The second-order valence-corrected chi connectivity index (χ2v) is 6.28. The maximum absolute atomic E-state index is 4.41. The number of likely N-dealkylation sites (tertiary alicyclic amines) is 1. The van der Waals surface area contributed by atoms with Crippen LogP contribution in [0.4, 0.5) is 0 Å². The molecule has 112 valence electrons. The van der Waals surface area contributed by atoms with Crippen molar-refractivity contribution >= 4 is 0 Å².